The Hall–Kier alpha value is -0.750. The van der Waals surface area contributed by atoms with Crippen LogP contribution >= 0.6 is 34.4 Å². The highest BCUT2D eigenvalue weighted by Gasteiger charge is 2.06. The van der Waals surface area contributed by atoms with E-state index < -0.39 is 0 Å². The zero-order valence-corrected chi connectivity index (χ0v) is 11.3. The molecular weight excluding hydrogens is 336 g/mol. The molecule has 0 spiro atoms. The van der Waals surface area contributed by atoms with Gasteiger partial charge in [-0.2, -0.15) is 0 Å². The number of rotatable bonds is 2. The second-order valence-electron chi connectivity index (χ2n) is 3.22. The van der Waals surface area contributed by atoms with E-state index in [9.17, 15) is 4.39 Å². The molecular formula is C12H9FINS. The monoisotopic (exact) mass is 345 g/mol. The maximum Gasteiger partial charge on any atom is 0.137 e. The van der Waals surface area contributed by atoms with Crippen LogP contribution in [0.25, 0.3) is 0 Å². The van der Waals surface area contributed by atoms with E-state index in [-0.39, 0.29) is 5.82 Å². The third-order valence-corrected chi connectivity index (χ3v) is 4.40. The summed E-state index contributed by atoms with van der Waals surface area (Å²) >= 11 is 3.61. The van der Waals surface area contributed by atoms with E-state index in [0.29, 0.717) is 4.90 Å². The predicted molar refractivity (Wildman–Crippen MR) is 74.1 cm³/mol. The molecule has 2 aromatic rings. The third-order valence-electron chi connectivity index (χ3n) is 2.01. The van der Waals surface area contributed by atoms with Gasteiger partial charge in [-0.1, -0.05) is 23.9 Å². The smallest absolute Gasteiger partial charge is 0.137 e. The average Bonchev–Trinajstić information content (AvgIpc) is 2.25. The molecule has 0 fully saturated rings. The summed E-state index contributed by atoms with van der Waals surface area (Å²) in [5.41, 5.74) is 6.39. The van der Waals surface area contributed by atoms with Crippen molar-refractivity contribution in [1.82, 2.24) is 0 Å². The molecule has 0 aromatic heterocycles. The van der Waals surface area contributed by atoms with E-state index in [1.807, 2.05) is 24.3 Å². The first kappa shape index (κ1) is 11.7. The molecule has 0 amide bonds. The summed E-state index contributed by atoms with van der Waals surface area (Å²) < 4.78 is 14.5. The molecule has 0 saturated carbocycles. The van der Waals surface area contributed by atoms with Crippen LogP contribution in [0.2, 0.25) is 0 Å². The lowest BCUT2D eigenvalue weighted by Crippen LogP contribution is -1.87. The van der Waals surface area contributed by atoms with Crippen molar-refractivity contribution in [2.75, 3.05) is 5.73 Å². The fourth-order valence-corrected chi connectivity index (χ4v) is 2.96. The van der Waals surface area contributed by atoms with Crippen molar-refractivity contribution in [1.29, 1.82) is 0 Å². The van der Waals surface area contributed by atoms with Crippen LogP contribution in [0.5, 0.6) is 0 Å². The van der Waals surface area contributed by atoms with Crippen LogP contribution in [-0.4, -0.2) is 0 Å². The second-order valence-corrected chi connectivity index (χ2v) is 5.47. The topological polar surface area (TPSA) is 26.0 Å². The lowest BCUT2D eigenvalue weighted by atomic mass is 10.3. The molecule has 2 aromatic carbocycles. The van der Waals surface area contributed by atoms with Gasteiger partial charge in [0.05, 0.1) is 0 Å². The van der Waals surface area contributed by atoms with Gasteiger partial charge in [-0.25, -0.2) is 4.39 Å². The lowest BCUT2D eigenvalue weighted by molar-refractivity contribution is 0.602. The molecule has 82 valence electrons. The minimum absolute atomic E-state index is 0.194. The number of hydrogen-bond acceptors (Lipinski definition) is 2. The Bertz CT molecular complexity index is 516. The summed E-state index contributed by atoms with van der Waals surface area (Å²) in [6.45, 7) is 0. The number of benzene rings is 2. The minimum atomic E-state index is -0.194. The number of hydrogen-bond donors (Lipinski definition) is 1. The van der Waals surface area contributed by atoms with Crippen LogP contribution in [-0.2, 0) is 0 Å². The van der Waals surface area contributed by atoms with Crippen molar-refractivity contribution < 1.29 is 4.39 Å². The molecule has 0 radical (unpaired) electrons. The summed E-state index contributed by atoms with van der Waals surface area (Å²) in [5, 5.41) is 0. The molecule has 0 saturated heterocycles. The molecule has 2 N–H and O–H groups in total. The second kappa shape index (κ2) is 5.05. The van der Waals surface area contributed by atoms with Gasteiger partial charge in [0.2, 0.25) is 0 Å². The highest BCUT2D eigenvalue weighted by atomic mass is 127. The SMILES string of the molecule is Nc1ccc(Sc2ccccc2F)c(I)c1. The van der Waals surface area contributed by atoms with Gasteiger partial charge in [0.15, 0.2) is 0 Å². The van der Waals surface area contributed by atoms with Gasteiger partial charge in [0.25, 0.3) is 0 Å². The van der Waals surface area contributed by atoms with Crippen molar-refractivity contribution in [3.05, 3.63) is 51.9 Å². The Morgan fingerprint density at radius 1 is 1.06 bits per heavy atom. The molecule has 2 rings (SSSR count). The molecule has 0 aliphatic rings. The molecule has 0 unspecified atom stereocenters. The number of anilines is 1. The first-order chi connectivity index (χ1) is 7.66. The van der Waals surface area contributed by atoms with Gasteiger partial charge < -0.3 is 5.73 Å². The normalized spacial score (nSPS) is 10.4. The molecule has 0 heterocycles. The van der Waals surface area contributed by atoms with Crippen LogP contribution in [0.4, 0.5) is 10.1 Å². The third kappa shape index (κ3) is 2.68. The Kier molecular flexibility index (Phi) is 3.70. The Labute approximate surface area is 111 Å². The van der Waals surface area contributed by atoms with Gasteiger partial charge in [0.1, 0.15) is 5.82 Å². The minimum Gasteiger partial charge on any atom is -0.399 e. The van der Waals surface area contributed by atoms with Crippen molar-refractivity contribution >= 4 is 40.0 Å². The van der Waals surface area contributed by atoms with Crippen LogP contribution in [0.3, 0.4) is 0 Å². The Balaban J connectivity index is 2.31. The fourth-order valence-electron chi connectivity index (χ4n) is 1.25. The maximum atomic E-state index is 13.4. The van der Waals surface area contributed by atoms with E-state index in [1.54, 1.807) is 12.1 Å². The van der Waals surface area contributed by atoms with E-state index in [1.165, 1.54) is 17.8 Å². The summed E-state index contributed by atoms with van der Waals surface area (Å²) in [5.74, 6) is -0.194. The molecule has 0 atom stereocenters. The predicted octanol–water partition coefficient (Wildman–Crippen LogP) is 4.16. The largest absolute Gasteiger partial charge is 0.399 e. The zero-order chi connectivity index (χ0) is 11.5. The van der Waals surface area contributed by atoms with Gasteiger partial charge in [-0.05, 0) is 52.9 Å². The Morgan fingerprint density at radius 2 is 1.81 bits per heavy atom. The van der Waals surface area contributed by atoms with Crippen molar-refractivity contribution in [2.45, 2.75) is 9.79 Å². The van der Waals surface area contributed by atoms with Crippen molar-refractivity contribution in [2.24, 2.45) is 0 Å². The fraction of sp³-hybridized carbons (Fsp3) is 0. The quantitative estimate of drug-likeness (QED) is 0.653. The highest BCUT2D eigenvalue weighted by Crippen LogP contribution is 2.33. The first-order valence-electron chi connectivity index (χ1n) is 4.64. The van der Waals surface area contributed by atoms with Gasteiger partial charge >= 0.3 is 0 Å². The van der Waals surface area contributed by atoms with E-state index in [2.05, 4.69) is 22.6 Å². The Morgan fingerprint density at radius 3 is 2.50 bits per heavy atom. The van der Waals surface area contributed by atoms with Gasteiger partial charge in [0, 0.05) is 19.0 Å². The van der Waals surface area contributed by atoms with Crippen LogP contribution in [0, 0.1) is 9.39 Å². The molecule has 4 heteroatoms. The van der Waals surface area contributed by atoms with E-state index in [0.717, 1.165) is 14.2 Å². The summed E-state index contributed by atoms with van der Waals surface area (Å²) in [6.07, 6.45) is 0. The summed E-state index contributed by atoms with van der Waals surface area (Å²) in [7, 11) is 0. The molecule has 1 nitrogen and oxygen atoms in total. The van der Waals surface area contributed by atoms with Crippen molar-refractivity contribution in [3.63, 3.8) is 0 Å². The molecule has 0 aliphatic heterocycles. The van der Waals surface area contributed by atoms with Crippen LogP contribution in [0.1, 0.15) is 0 Å². The zero-order valence-electron chi connectivity index (χ0n) is 8.28. The highest BCUT2D eigenvalue weighted by molar-refractivity contribution is 14.1. The van der Waals surface area contributed by atoms with Gasteiger partial charge in [-0.15, -0.1) is 0 Å². The van der Waals surface area contributed by atoms with Gasteiger partial charge in [-0.3, -0.25) is 0 Å². The molecule has 0 bridgehead atoms. The van der Waals surface area contributed by atoms with E-state index in [4.69, 9.17) is 5.73 Å². The van der Waals surface area contributed by atoms with Crippen LogP contribution < -0.4 is 5.73 Å². The molecule has 0 aliphatic carbocycles. The standard InChI is InChI=1S/C12H9FINS/c13-9-3-1-2-4-11(9)16-12-6-5-8(15)7-10(12)14/h1-7H,15H2. The van der Waals surface area contributed by atoms with E-state index >= 15 is 0 Å². The number of halogens is 2. The number of nitrogens with two attached hydrogens (primary N) is 1. The van der Waals surface area contributed by atoms with Crippen molar-refractivity contribution in [3.8, 4) is 0 Å². The maximum absolute atomic E-state index is 13.4. The lowest BCUT2D eigenvalue weighted by Gasteiger charge is -2.05. The van der Waals surface area contributed by atoms with Crippen LogP contribution in [0.15, 0.2) is 52.3 Å². The molecule has 16 heavy (non-hydrogen) atoms. The average molecular weight is 345 g/mol. The first-order valence-corrected chi connectivity index (χ1v) is 6.54. The number of nitrogen functional groups attached to an aromatic ring is 1. The summed E-state index contributed by atoms with van der Waals surface area (Å²) in [6, 6.07) is 12.4. The summed E-state index contributed by atoms with van der Waals surface area (Å²) in [4.78, 5) is 1.64.